The summed E-state index contributed by atoms with van der Waals surface area (Å²) >= 11 is 0. The molecule has 0 bridgehead atoms. The fourth-order valence-corrected chi connectivity index (χ4v) is 1.67. The van der Waals surface area contributed by atoms with Gasteiger partial charge < -0.3 is 15.0 Å². The molecule has 0 aliphatic rings. The second-order valence-corrected chi connectivity index (χ2v) is 4.11. The molecule has 0 saturated heterocycles. The Morgan fingerprint density at radius 2 is 2.33 bits per heavy atom. The van der Waals surface area contributed by atoms with E-state index in [9.17, 15) is 4.79 Å². The van der Waals surface area contributed by atoms with Gasteiger partial charge in [0.2, 0.25) is 0 Å². The summed E-state index contributed by atoms with van der Waals surface area (Å²) < 4.78 is 6.85. The summed E-state index contributed by atoms with van der Waals surface area (Å²) in [5.41, 5.74) is 8.33. The molecule has 2 aromatic rings. The van der Waals surface area contributed by atoms with E-state index >= 15 is 0 Å². The molecule has 0 fully saturated rings. The van der Waals surface area contributed by atoms with Crippen LogP contribution in [0.5, 0.6) is 0 Å². The van der Waals surface area contributed by atoms with Gasteiger partial charge in [-0.05, 0) is 24.6 Å². The van der Waals surface area contributed by atoms with Gasteiger partial charge in [0.15, 0.2) is 0 Å². The van der Waals surface area contributed by atoms with Crippen molar-refractivity contribution in [2.45, 2.75) is 13.5 Å². The van der Waals surface area contributed by atoms with Gasteiger partial charge in [0.1, 0.15) is 12.3 Å². The Morgan fingerprint density at radius 3 is 2.94 bits per heavy atom. The van der Waals surface area contributed by atoms with E-state index in [1.54, 1.807) is 30.1 Å². The minimum atomic E-state index is -0.403. The molecule has 0 saturated carbocycles. The summed E-state index contributed by atoms with van der Waals surface area (Å²) in [5.74, 6) is -0.403. The Morgan fingerprint density at radius 1 is 1.56 bits per heavy atom. The van der Waals surface area contributed by atoms with Gasteiger partial charge in [-0.1, -0.05) is 6.07 Å². The van der Waals surface area contributed by atoms with Crippen molar-refractivity contribution in [1.82, 2.24) is 9.55 Å². The molecule has 2 N–H and O–H groups in total. The van der Waals surface area contributed by atoms with E-state index < -0.39 is 5.97 Å². The van der Waals surface area contributed by atoms with E-state index in [0.717, 1.165) is 11.3 Å². The number of carbonyl (C=O) groups is 1. The number of hydrogen-bond donors (Lipinski definition) is 1. The molecule has 18 heavy (non-hydrogen) atoms. The smallest absolute Gasteiger partial charge is 0.355 e. The highest BCUT2D eigenvalue weighted by Gasteiger charge is 2.13. The fourth-order valence-electron chi connectivity index (χ4n) is 1.67. The van der Waals surface area contributed by atoms with Crippen molar-refractivity contribution in [1.29, 1.82) is 0 Å². The van der Waals surface area contributed by atoms with Gasteiger partial charge in [-0.15, -0.1) is 0 Å². The predicted molar refractivity (Wildman–Crippen MR) is 67.9 cm³/mol. The van der Waals surface area contributed by atoms with Crippen molar-refractivity contribution in [2.75, 3.05) is 5.73 Å². The molecule has 94 valence electrons. The average molecular weight is 245 g/mol. The first-order valence-corrected chi connectivity index (χ1v) is 5.57. The number of hydrogen-bond acceptors (Lipinski definition) is 4. The molecule has 0 aliphatic carbocycles. The van der Waals surface area contributed by atoms with E-state index in [2.05, 4.69) is 4.98 Å². The maximum absolute atomic E-state index is 11.8. The van der Waals surface area contributed by atoms with Gasteiger partial charge in [-0.25, -0.2) is 4.79 Å². The number of nitrogens with zero attached hydrogens (tertiary/aromatic N) is 2. The Kier molecular flexibility index (Phi) is 3.32. The third kappa shape index (κ3) is 2.51. The lowest BCUT2D eigenvalue weighted by Gasteiger charge is -2.06. The van der Waals surface area contributed by atoms with Crippen molar-refractivity contribution in [3.05, 3.63) is 47.5 Å². The number of pyridine rings is 1. The molecule has 0 amide bonds. The summed E-state index contributed by atoms with van der Waals surface area (Å²) in [6.45, 7) is 2.09. The van der Waals surface area contributed by atoms with Gasteiger partial charge in [0.05, 0.1) is 11.4 Å². The molecule has 5 nitrogen and oxygen atoms in total. The second-order valence-electron chi connectivity index (χ2n) is 4.11. The normalized spacial score (nSPS) is 10.3. The number of anilines is 1. The molecule has 0 unspecified atom stereocenters. The largest absolute Gasteiger partial charge is 0.454 e. The molecular formula is C13H15N3O2. The molecule has 0 aromatic carbocycles. The molecule has 0 atom stereocenters. The SMILES string of the molecule is Cc1cccnc1COC(=O)c1cc(N)cn1C. The topological polar surface area (TPSA) is 70.1 Å². The van der Waals surface area contributed by atoms with Crippen molar-refractivity contribution in [3.63, 3.8) is 0 Å². The van der Waals surface area contributed by atoms with Gasteiger partial charge >= 0.3 is 5.97 Å². The molecule has 2 heterocycles. The minimum absolute atomic E-state index is 0.163. The zero-order valence-electron chi connectivity index (χ0n) is 10.4. The van der Waals surface area contributed by atoms with Crippen molar-refractivity contribution in [2.24, 2.45) is 7.05 Å². The van der Waals surface area contributed by atoms with E-state index in [-0.39, 0.29) is 6.61 Å². The first kappa shape index (κ1) is 12.2. The third-order valence-electron chi connectivity index (χ3n) is 2.69. The highest BCUT2D eigenvalue weighted by molar-refractivity contribution is 5.89. The quantitative estimate of drug-likeness (QED) is 0.835. The molecular weight excluding hydrogens is 230 g/mol. The summed E-state index contributed by atoms with van der Waals surface area (Å²) in [7, 11) is 1.75. The van der Waals surface area contributed by atoms with Crippen molar-refractivity contribution < 1.29 is 9.53 Å². The van der Waals surface area contributed by atoms with E-state index in [1.807, 2.05) is 19.1 Å². The number of aryl methyl sites for hydroxylation is 2. The maximum atomic E-state index is 11.8. The van der Waals surface area contributed by atoms with Crippen LogP contribution in [0.4, 0.5) is 5.69 Å². The predicted octanol–water partition coefficient (Wildman–Crippen LogP) is 1.67. The Balaban J connectivity index is 2.05. The van der Waals surface area contributed by atoms with Crippen LogP contribution < -0.4 is 5.73 Å². The van der Waals surface area contributed by atoms with Crippen molar-refractivity contribution >= 4 is 11.7 Å². The highest BCUT2D eigenvalue weighted by Crippen LogP contribution is 2.12. The third-order valence-corrected chi connectivity index (χ3v) is 2.69. The minimum Gasteiger partial charge on any atom is -0.454 e. The molecule has 2 rings (SSSR count). The number of esters is 1. The number of nitrogen functional groups attached to an aromatic ring is 1. The summed E-state index contributed by atoms with van der Waals surface area (Å²) in [4.78, 5) is 16.0. The highest BCUT2D eigenvalue weighted by atomic mass is 16.5. The lowest BCUT2D eigenvalue weighted by molar-refractivity contribution is 0.0456. The van der Waals surface area contributed by atoms with Crippen LogP contribution in [-0.4, -0.2) is 15.5 Å². The van der Waals surface area contributed by atoms with E-state index in [4.69, 9.17) is 10.5 Å². The van der Waals surface area contributed by atoms with E-state index in [1.165, 1.54) is 0 Å². The fraction of sp³-hybridized carbons (Fsp3) is 0.231. The average Bonchev–Trinajstić information content (AvgIpc) is 2.67. The zero-order chi connectivity index (χ0) is 13.1. The second kappa shape index (κ2) is 4.91. The Labute approximate surface area is 105 Å². The Bertz CT molecular complexity index is 575. The molecule has 2 aromatic heterocycles. The van der Waals surface area contributed by atoms with E-state index in [0.29, 0.717) is 11.4 Å². The lowest BCUT2D eigenvalue weighted by Crippen LogP contribution is -2.10. The van der Waals surface area contributed by atoms with Crippen LogP contribution in [0.3, 0.4) is 0 Å². The van der Waals surface area contributed by atoms with Crippen LogP contribution in [0.25, 0.3) is 0 Å². The number of rotatable bonds is 3. The molecule has 5 heteroatoms. The van der Waals surface area contributed by atoms with Gasteiger partial charge in [0.25, 0.3) is 0 Å². The standard InChI is InChI=1S/C13H15N3O2/c1-9-4-3-5-15-11(9)8-18-13(17)12-6-10(14)7-16(12)2/h3-7H,8,14H2,1-2H3. The van der Waals surface area contributed by atoms with Crippen LogP contribution in [0.15, 0.2) is 30.6 Å². The number of aromatic nitrogens is 2. The van der Waals surface area contributed by atoms with Crippen LogP contribution in [0, 0.1) is 6.92 Å². The molecule has 0 aliphatic heterocycles. The van der Waals surface area contributed by atoms with Crippen LogP contribution in [0.2, 0.25) is 0 Å². The lowest BCUT2D eigenvalue weighted by atomic mass is 10.2. The van der Waals surface area contributed by atoms with Gasteiger partial charge in [0, 0.05) is 19.4 Å². The van der Waals surface area contributed by atoms with Gasteiger partial charge in [-0.2, -0.15) is 0 Å². The maximum Gasteiger partial charge on any atom is 0.355 e. The zero-order valence-corrected chi connectivity index (χ0v) is 10.4. The van der Waals surface area contributed by atoms with Crippen LogP contribution >= 0.6 is 0 Å². The summed E-state index contributed by atoms with van der Waals surface area (Å²) in [6, 6.07) is 5.36. The first-order chi connectivity index (χ1) is 8.58. The summed E-state index contributed by atoms with van der Waals surface area (Å²) in [6.07, 6.45) is 3.35. The Hall–Kier alpha value is -2.30. The van der Waals surface area contributed by atoms with Crippen molar-refractivity contribution in [3.8, 4) is 0 Å². The number of nitrogens with two attached hydrogens (primary N) is 1. The number of ether oxygens (including phenoxy) is 1. The number of carbonyl (C=O) groups excluding carboxylic acids is 1. The van der Waals surface area contributed by atoms with Crippen LogP contribution in [-0.2, 0) is 18.4 Å². The first-order valence-electron chi connectivity index (χ1n) is 5.57. The van der Waals surface area contributed by atoms with Gasteiger partial charge in [-0.3, -0.25) is 4.98 Å². The summed E-state index contributed by atoms with van der Waals surface area (Å²) in [5, 5.41) is 0. The molecule has 0 spiro atoms. The van der Waals surface area contributed by atoms with Crippen LogP contribution in [0.1, 0.15) is 21.7 Å². The molecule has 0 radical (unpaired) electrons. The monoisotopic (exact) mass is 245 g/mol.